The molecule has 2 saturated heterocycles. The van der Waals surface area contributed by atoms with Gasteiger partial charge in [-0.1, -0.05) is 6.42 Å². The fraction of sp³-hybridized carbons (Fsp3) is 0.611. The number of halogens is 3. The normalized spacial score (nSPS) is 23.2. The molecule has 10 heteroatoms. The van der Waals surface area contributed by atoms with Gasteiger partial charge in [0, 0.05) is 37.4 Å². The number of thioether (sulfide) groups is 1. The number of nitrogens with zero attached hydrogens (tertiary/aromatic N) is 2. The first kappa shape index (κ1) is 20.8. The molecule has 154 valence electrons. The molecule has 0 radical (unpaired) electrons. The lowest BCUT2D eigenvalue weighted by Gasteiger charge is -2.49. The molecule has 28 heavy (non-hydrogen) atoms. The van der Waals surface area contributed by atoms with Gasteiger partial charge in [0.05, 0.1) is 10.9 Å². The average Bonchev–Trinajstić information content (AvgIpc) is 2.96. The Kier molecular flexibility index (Phi) is 6.07. The second kappa shape index (κ2) is 8.18. The van der Waals surface area contributed by atoms with E-state index in [1.807, 2.05) is 23.9 Å². The average molecular weight is 418 g/mol. The minimum atomic E-state index is -5.08. The number of alkyl halides is 3. The fourth-order valence-corrected chi connectivity index (χ4v) is 4.95. The van der Waals surface area contributed by atoms with Gasteiger partial charge in [0.25, 0.3) is 0 Å². The van der Waals surface area contributed by atoms with Gasteiger partial charge < -0.3 is 14.7 Å². The quantitative estimate of drug-likeness (QED) is 0.813. The van der Waals surface area contributed by atoms with Crippen molar-refractivity contribution in [2.45, 2.75) is 42.7 Å². The van der Waals surface area contributed by atoms with Gasteiger partial charge in [0.15, 0.2) is 0 Å². The van der Waals surface area contributed by atoms with Crippen LogP contribution in [0.1, 0.15) is 25.7 Å². The molecule has 3 heterocycles. The number of hydrogen-bond acceptors (Lipinski definition) is 5. The van der Waals surface area contributed by atoms with Crippen molar-refractivity contribution >= 4 is 23.6 Å². The summed E-state index contributed by atoms with van der Waals surface area (Å²) < 4.78 is 38.0. The molecule has 1 N–H and O–H groups in total. The molecule has 1 atom stereocenters. The summed E-state index contributed by atoms with van der Waals surface area (Å²) >= 11 is 1.98. The summed E-state index contributed by atoms with van der Waals surface area (Å²) in [6, 6.07) is 3.85. The molecule has 0 aromatic carbocycles. The minimum Gasteiger partial charge on any atom is -0.488 e. The molecule has 2 aliphatic heterocycles. The van der Waals surface area contributed by atoms with Crippen molar-refractivity contribution in [3.8, 4) is 5.75 Å². The third-order valence-corrected chi connectivity index (χ3v) is 6.65. The molecule has 3 aliphatic rings. The second-order valence-electron chi connectivity index (χ2n) is 7.25. The van der Waals surface area contributed by atoms with Crippen molar-refractivity contribution < 1.29 is 32.6 Å². The zero-order valence-corrected chi connectivity index (χ0v) is 15.8. The molecule has 3 fully saturated rings. The Balaban J connectivity index is 0.000000279. The van der Waals surface area contributed by atoms with Crippen LogP contribution in [0.5, 0.6) is 5.75 Å². The van der Waals surface area contributed by atoms with E-state index in [0.29, 0.717) is 11.8 Å². The van der Waals surface area contributed by atoms with E-state index in [9.17, 15) is 18.0 Å². The van der Waals surface area contributed by atoms with Gasteiger partial charge in [0.2, 0.25) is 5.91 Å². The van der Waals surface area contributed by atoms with Crippen LogP contribution in [0.3, 0.4) is 0 Å². The topological polar surface area (TPSA) is 79.7 Å². The summed E-state index contributed by atoms with van der Waals surface area (Å²) in [5.41, 5.74) is 0. The first-order valence-corrected chi connectivity index (χ1v) is 9.97. The van der Waals surface area contributed by atoms with Crippen LogP contribution in [-0.2, 0) is 9.59 Å². The number of carbonyl (C=O) groups excluding carboxylic acids is 1. The highest BCUT2D eigenvalue weighted by atomic mass is 32.2. The lowest BCUT2D eigenvalue weighted by molar-refractivity contribution is -0.192. The number of pyridine rings is 1. The van der Waals surface area contributed by atoms with Gasteiger partial charge >= 0.3 is 12.1 Å². The van der Waals surface area contributed by atoms with Crippen molar-refractivity contribution in [1.29, 1.82) is 0 Å². The van der Waals surface area contributed by atoms with Crippen LogP contribution in [0.15, 0.2) is 24.5 Å². The Bertz CT molecular complexity index is 707. The molecular weight excluding hydrogens is 397 g/mol. The highest BCUT2D eigenvalue weighted by molar-refractivity contribution is 8.01. The summed E-state index contributed by atoms with van der Waals surface area (Å²) in [4.78, 5) is 27.2. The Labute approximate surface area is 164 Å². The number of carboxylic acids is 1. The Morgan fingerprint density at radius 2 is 2.00 bits per heavy atom. The standard InChI is InChI=1S/C16H20N2O2S.C2HF3O2/c19-15(12-3-1-4-12)18-10-16(11-18)7-14(9-21-16)20-13-5-2-6-17-8-13;3-2(4,5)1(6)7/h2,5-6,8,12,14H,1,3-4,7,9-11H2;(H,6,7). The predicted octanol–water partition coefficient (Wildman–Crippen LogP) is 2.98. The number of aliphatic carboxylic acids is 1. The zero-order chi connectivity index (χ0) is 20.4. The number of hydrogen-bond donors (Lipinski definition) is 1. The van der Waals surface area contributed by atoms with Gasteiger partial charge in [-0.05, 0) is 25.0 Å². The highest BCUT2D eigenvalue weighted by Crippen LogP contribution is 2.47. The number of carbonyl (C=O) groups is 2. The molecule has 1 unspecified atom stereocenters. The van der Waals surface area contributed by atoms with Crippen LogP contribution in [0.2, 0.25) is 0 Å². The number of aromatic nitrogens is 1. The highest BCUT2D eigenvalue weighted by Gasteiger charge is 2.52. The number of ether oxygens (including phenoxy) is 1. The van der Waals surface area contributed by atoms with E-state index in [4.69, 9.17) is 14.6 Å². The maximum atomic E-state index is 12.2. The van der Waals surface area contributed by atoms with E-state index in [1.54, 1.807) is 12.4 Å². The van der Waals surface area contributed by atoms with E-state index in [-0.39, 0.29) is 10.9 Å². The summed E-state index contributed by atoms with van der Waals surface area (Å²) in [5, 5.41) is 7.12. The predicted molar refractivity (Wildman–Crippen MR) is 96.1 cm³/mol. The number of carboxylic acid groups (broad SMARTS) is 1. The van der Waals surface area contributed by atoms with Crippen LogP contribution >= 0.6 is 11.8 Å². The fourth-order valence-electron chi connectivity index (χ4n) is 3.43. The van der Waals surface area contributed by atoms with E-state index >= 15 is 0 Å². The van der Waals surface area contributed by atoms with Gasteiger partial charge in [-0.25, -0.2) is 4.79 Å². The monoisotopic (exact) mass is 418 g/mol. The van der Waals surface area contributed by atoms with E-state index in [2.05, 4.69) is 9.88 Å². The summed E-state index contributed by atoms with van der Waals surface area (Å²) in [7, 11) is 0. The third-order valence-electron chi connectivity index (χ3n) is 5.08. The van der Waals surface area contributed by atoms with Crippen molar-refractivity contribution in [3.63, 3.8) is 0 Å². The first-order valence-electron chi connectivity index (χ1n) is 8.98. The van der Waals surface area contributed by atoms with E-state index in [0.717, 1.165) is 43.9 Å². The van der Waals surface area contributed by atoms with Crippen LogP contribution < -0.4 is 4.74 Å². The molecule has 6 nitrogen and oxygen atoms in total. The summed E-state index contributed by atoms with van der Waals surface area (Å²) in [6.07, 6.45) is 3.16. The summed E-state index contributed by atoms with van der Waals surface area (Å²) in [5.74, 6) is -0.171. The molecule has 1 aromatic rings. The molecule has 4 rings (SSSR count). The van der Waals surface area contributed by atoms with Gasteiger partial charge in [-0.3, -0.25) is 9.78 Å². The number of rotatable bonds is 3. The Hall–Kier alpha value is -1.97. The van der Waals surface area contributed by atoms with E-state index < -0.39 is 12.1 Å². The first-order chi connectivity index (χ1) is 13.2. The number of likely N-dealkylation sites (tertiary alicyclic amines) is 1. The van der Waals surface area contributed by atoms with Crippen molar-refractivity contribution in [3.05, 3.63) is 24.5 Å². The van der Waals surface area contributed by atoms with Crippen molar-refractivity contribution in [1.82, 2.24) is 9.88 Å². The molecule has 1 saturated carbocycles. The molecule has 1 aromatic heterocycles. The van der Waals surface area contributed by atoms with Crippen molar-refractivity contribution in [2.24, 2.45) is 5.92 Å². The molecule has 1 amide bonds. The number of amides is 1. The molecule has 0 bridgehead atoms. The third kappa shape index (κ3) is 4.89. The Morgan fingerprint density at radius 3 is 2.50 bits per heavy atom. The second-order valence-corrected chi connectivity index (χ2v) is 8.74. The zero-order valence-electron chi connectivity index (χ0n) is 15.0. The van der Waals surface area contributed by atoms with E-state index in [1.165, 1.54) is 6.42 Å². The molecule has 1 spiro atoms. The van der Waals surface area contributed by atoms with Crippen molar-refractivity contribution in [2.75, 3.05) is 18.8 Å². The minimum absolute atomic E-state index is 0.250. The maximum absolute atomic E-state index is 12.2. The summed E-state index contributed by atoms with van der Waals surface area (Å²) in [6.45, 7) is 1.83. The Morgan fingerprint density at radius 1 is 1.32 bits per heavy atom. The lowest BCUT2D eigenvalue weighted by Crippen LogP contribution is -2.62. The van der Waals surface area contributed by atoms with Crippen LogP contribution in [0, 0.1) is 5.92 Å². The molecular formula is C18H21F3N2O4S. The van der Waals surface area contributed by atoms with Crippen LogP contribution in [0.4, 0.5) is 13.2 Å². The SMILES string of the molecule is O=C(C1CCC1)N1CC2(CC(Oc3cccnc3)CS2)C1.O=C(O)C(F)(F)F. The maximum Gasteiger partial charge on any atom is 0.490 e. The molecule has 1 aliphatic carbocycles. The van der Waals surface area contributed by atoms with Crippen LogP contribution in [0.25, 0.3) is 0 Å². The largest absolute Gasteiger partial charge is 0.490 e. The van der Waals surface area contributed by atoms with Gasteiger partial charge in [-0.15, -0.1) is 11.8 Å². The van der Waals surface area contributed by atoms with Gasteiger partial charge in [0.1, 0.15) is 11.9 Å². The lowest BCUT2D eigenvalue weighted by atomic mass is 9.82. The smallest absolute Gasteiger partial charge is 0.488 e. The van der Waals surface area contributed by atoms with Crippen LogP contribution in [-0.4, -0.2) is 62.7 Å². The van der Waals surface area contributed by atoms with Gasteiger partial charge in [-0.2, -0.15) is 13.2 Å².